The third-order valence-corrected chi connectivity index (χ3v) is 4.12. The molecule has 2 aromatic heterocycles. The molecule has 1 aliphatic rings. The first-order chi connectivity index (χ1) is 11.6. The predicted octanol–water partition coefficient (Wildman–Crippen LogP) is 3.28. The average molecular weight is 329 g/mol. The highest BCUT2D eigenvalue weighted by molar-refractivity contribution is 5.94. The summed E-state index contributed by atoms with van der Waals surface area (Å²) in [5.41, 5.74) is 1.31. The molecule has 0 bridgehead atoms. The maximum atomic E-state index is 13.6. The normalized spacial score (nSPS) is 16.8. The highest BCUT2D eigenvalue weighted by Crippen LogP contribution is 2.37. The fourth-order valence-electron chi connectivity index (χ4n) is 2.97. The van der Waals surface area contributed by atoms with Crippen LogP contribution in [0.15, 0.2) is 47.2 Å². The van der Waals surface area contributed by atoms with Crippen LogP contribution in [0.5, 0.6) is 0 Å². The topological polar surface area (TPSA) is 60.1 Å². The highest BCUT2D eigenvalue weighted by Gasteiger charge is 2.30. The lowest BCUT2D eigenvalue weighted by molar-refractivity contribution is -0.116. The third-order valence-electron chi connectivity index (χ3n) is 4.12. The van der Waals surface area contributed by atoms with E-state index >= 15 is 0 Å². The van der Waals surface area contributed by atoms with E-state index in [2.05, 4.69) is 10.4 Å². The molecule has 0 saturated carbocycles. The molecule has 7 heteroatoms. The van der Waals surface area contributed by atoms with Crippen LogP contribution >= 0.6 is 0 Å². The molecule has 1 aromatic carbocycles. The number of furan rings is 1. The van der Waals surface area contributed by atoms with Gasteiger partial charge in [0.25, 0.3) is 0 Å². The zero-order valence-corrected chi connectivity index (χ0v) is 12.5. The van der Waals surface area contributed by atoms with E-state index < -0.39 is 11.6 Å². The molecular weight excluding hydrogens is 316 g/mol. The summed E-state index contributed by atoms with van der Waals surface area (Å²) in [4.78, 5) is 12.1. The van der Waals surface area contributed by atoms with Gasteiger partial charge in [-0.05, 0) is 29.8 Å². The lowest BCUT2D eigenvalue weighted by Crippen LogP contribution is -2.25. The fourth-order valence-corrected chi connectivity index (χ4v) is 2.97. The molecule has 0 aliphatic carbocycles. The Balaban J connectivity index is 1.73. The molecule has 1 atom stereocenters. The molecule has 4 rings (SSSR count). The van der Waals surface area contributed by atoms with Crippen molar-refractivity contribution in [2.75, 3.05) is 5.32 Å². The van der Waals surface area contributed by atoms with Crippen LogP contribution in [-0.4, -0.2) is 15.7 Å². The Kier molecular flexibility index (Phi) is 3.41. The van der Waals surface area contributed by atoms with Crippen LogP contribution in [0.25, 0.3) is 0 Å². The van der Waals surface area contributed by atoms with Crippen molar-refractivity contribution >= 4 is 11.7 Å². The van der Waals surface area contributed by atoms with Crippen molar-refractivity contribution < 1.29 is 18.0 Å². The number of hydrogen-bond acceptors (Lipinski definition) is 3. The number of amides is 1. The molecule has 1 amide bonds. The van der Waals surface area contributed by atoms with Crippen molar-refractivity contribution in [1.82, 2.24) is 9.78 Å². The van der Waals surface area contributed by atoms with Gasteiger partial charge in [-0.3, -0.25) is 4.79 Å². The van der Waals surface area contributed by atoms with Crippen LogP contribution in [0.2, 0.25) is 0 Å². The van der Waals surface area contributed by atoms with Crippen LogP contribution in [0.4, 0.5) is 14.6 Å². The lowest BCUT2D eigenvalue weighted by Gasteiger charge is -2.23. The van der Waals surface area contributed by atoms with Gasteiger partial charge in [0.15, 0.2) is 11.6 Å². The summed E-state index contributed by atoms with van der Waals surface area (Å²) < 4.78 is 33.7. The van der Waals surface area contributed by atoms with Gasteiger partial charge in [0.2, 0.25) is 5.91 Å². The van der Waals surface area contributed by atoms with Gasteiger partial charge in [0, 0.05) is 17.9 Å². The highest BCUT2D eigenvalue weighted by atomic mass is 19.2. The molecule has 0 unspecified atom stereocenters. The largest absolute Gasteiger partial charge is 0.467 e. The molecule has 122 valence electrons. The van der Waals surface area contributed by atoms with E-state index in [0.29, 0.717) is 23.7 Å². The number of fused-ring (bicyclic) bond motifs is 1. The average Bonchev–Trinajstić information content (AvgIpc) is 3.20. The summed E-state index contributed by atoms with van der Waals surface area (Å²) in [6, 6.07) is 7.28. The second-order valence-corrected chi connectivity index (χ2v) is 5.66. The number of hydrogen-bond donors (Lipinski definition) is 1. The standard InChI is InChI=1S/C17H13F2N3O2/c18-14-4-3-10(6-15(14)19)12-7-16(23)21-17-13(12)8-20-22(17)9-11-2-1-5-24-11/h1-6,8,12H,7,9H2,(H,21,23)/t12-/m1/s1. The number of nitrogens with zero attached hydrogens (tertiary/aromatic N) is 2. The van der Waals surface area contributed by atoms with Crippen molar-refractivity contribution in [3.8, 4) is 0 Å². The minimum atomic E-state index is -0.928. The van der Waals surface area contributed by atoms with Crippen molar-refractivity contribution in [2.45, 2.75) is 18.9 Å². The summed E-state index contributed by atoms with van der Waals surface area (Å²) in [6.07, 6.45) is 3.36. The van der Waals surface area contributed by atoms with Gasteiger partial charge in [-0.2, -0.15) is 5.10 Å². The number of halogens is 2. The molecular formula is C17H13F2N3O2. The predicted molar refractivity (Wildman–Crippen MR) is 81.5 cm³/mol. The van der Waals surface area contributed by atoms with E-state index in [1.54, 1.807) is 23.2 Å². The third kappa shape index (κ3) is 2.47. The molecule has 0 radical (unpaired) electrons. The van der Waals surface area contributed by atoms with Gasteiger partial charge in [0.1, 0.15) is 18.1 Å². The van der Waals surface area contributed by atoms with Crippen molar-refractivity contribution in [3.63, 3.8) is 0 Å². The van der Waals surface area contributed by atoms with Gasteiger partial charge >= 0.3 is 0 Å². The van der Waals surface area contributed by atoms with Gasteiger partial charge in [0.05, 0.1) is 12.5 Å². The van der Waals surface area contributed by atoms with Crippen LogP contribution < -0.4 is 5.32 Å². The Bertz CT molecular complexity index is 903. The first-order valence-electron chi connectivity index (χ1n) is 7.44. The Labute approximate surface area is 135 Å². The molecule has 0 spiro atoms. The minimum absolute atomic E-state index is 0.157. The van der Waals surface area contributed by atoms with E-state index in [-0.39, 0.29) is 18.2 Å². The molecule has 24 heavy (non-hydrogen) atoms. The maximum absolute atomic E-state index is 13.6. The first kappa shape index (κ1) is 14.6. The minimum Gasteiger partial charge on any atom is -0.467 e. The molecule has 3 aromatic rings. The monoisotopic (exact) mass is 329 g/mol. The van der Waals surface area contributed by atoms with Crippen molar-refractivity contribution in [2.24, 2.45) is 0 Å². The number of aromatic nitrogens is 2. The SMILES string of the molecule is O=C1C[C@H](c2ccc(F)c(F)c2)c2cnn(Cc3ccco3)c2N1. The molecule has 3 heterocycles. The number of nitrogens with one attached hydrogen (secondary N) is 1. The number of carbonyl (C=O) groups excluding carboxylic acids is 1. The summed E-state index contributed by atoms with van der Waals surface area (Å²) >= 11 is 0. The second-order valence-electron chi connectivity index (χ2n) is 5.66. The molecule has 5 nitrogen and oxygen atoms in total. The van der Waals surface area contributed by atoms with E-state index in [0.717, 1.165) is 17.7 Å². The summed E-state index contributed by atoms with van der Waals surface area (Å²) in [7, 11) is 0. The van der Waals surface area contributed by atoms with E-state index in [1.807, 2.05) is 6.07 Å². The van der Waals surface area contributed by atoms with Gasteiger partial charge in [-0.1, -0.05) is 6.07 Å². The first-order valence-corrected chi connectivity index (χ1v) is 7.44. The van der Waals surface area contributed by atoms with E-state index in [9.17, 15) is 13.6 Å². The van der Waals surface area contributed by atoms with Gasteiger partial charge < -0.3 is 9.73 Å². The van der Waals surface area contributed by atoms with Crippen LogP contribution in [0.3, 0.4) is 0 Å². The van der Waals surface area contributed by atoms with Crippen LogP contribution in [0.1, 0.15) is 29.2 Å². The Morgan fingerprint density at radius 2 is 2.17 bits per heavy atom. The van der Waals surface area contributed by atoms with Gasteiger partial charge in [-0.25, -0.2) is 13.5 Å². The van der Waals surface area contributed by atoms with Crippen molar-refractivity contribution in [1.29, 1.82) is 0 Å². The summed E-state index contributed by atoms with van der Waals surface area (Å²) in [6.45, 7) is 0.368. The van der Waals surface area contributed by atoms with E-state index in [1.165, 1.54) is 6.07 Å². The van der Waals surface area contributed by atoms with E-state index in [4.69, 9.17) is 4.42 Å². The number of benzene rings is 1. The Morgan fingerprint density at radius 1 is 1.29 bits per heavy atom. The molecule has 0 fully saturated rings. The Hall–Kier alpha value is -2.96. The maximum Gasteiger partial charge on any atom is 0.226 e. The number of rotatable bonds is 3. The zero-order chi connectivity index (χ0) is 16.7. The quantitative estimate of drug-likeness (QED) is 0.802. The smallest absolute Gasteiger partial charge is 0.226 e. The summed E-state index contributed by atoms with van der Waals surface area (Å²) in [5.74, 6) is -1.15. The lowest BCUT2D eigenvalue weighted by atomic mass is 9.87. The van der Waals surface area contributed by atoms with Crippen LogP contribution in [-0.2, 0) is 11.3 Å². The van der Waals surface area contributed by atoms with Crippen LogP contribution in [0, 0.1) is 11.6 Å². The molecule has 0 saturated heterocycles. The second kappa shape index (κ2) is 5.59. The van der Waals surface area contributed by atoms with Gasteiger partial charge in [-0.15, -0.1) is 0 Å². The molecule has 1 aliphatic heterocycles. The van der Waals surface area contributed by atoms with Crippen molar-refractivity contribution in [3.05, 3.63) is 71.3 Å². The number of anilines is 1. The summed E-state index contributed by atoms with van der Waals surface area (Å²) in [5, 5.41) is 7.10. The molecule has 1 N–H and O–H groups in total. The fraction of sp³-hybridized carbons (Fsp3) is 0.176. The zero-order valence-electron chi connectivity index (χ0n) is 12.5. The Morgan fingerprint density at radius 3 is 2.92 bits per heavy atom. The number of carbonyl (C=O) groups is 1.